The Morgan fingerprint density at radius 3 is 2.30 bits per heavy atom. The summed E-state index contributed by atoms with van der Waals surface area (Å²) in [6, 6.07) is 8.74. The molecule has 1 amide bonds. The van der Waals surface area contributed by atoms with Gasteiger partial charge in [0.2, 0.25) is 15.9 Å². The molecule has 0 fully saturated rings. The third-order valence-corrected chi connectivity index (χ3v) is 5.39. The highest BCUT2D eigenvalue weighted by Crippen LogP contribution is 2.17. The molecule has 1 heterocycles. The molecular formula is C19H25N3O4S. The molecule has 8 heteroatoms. The van der Waals surface area contributed by atoms with Crippen molar-refractivity contribution in [3.05, 3.63) is 54.4 Å². The molecule has 1 atom stereocenters. The highest BCUT2D eigenvalue weighted by atomic mass is 32.2. The Labute approximate surface area is 160 Å². The normalized spacial score (nSPS) is 12.6. The zero-order valence-corrected chi connectivity index (χ0v) is 16.5. The minimum Gasteiger partial charge on any atom is -0.497 e. The molecule has 1 aromatic heterocycles. The summed E-state index contributed by atoms with van der Waals surface area (Å²) in [5, 5.41) is 2.78. The Kier molecular flexibility index (Phi) is 7.32. The van der Waals surface area contributed by atoms with Crippen LogP contribution in [0.1, 0.15) is 25.8 Å². The lowest BCUT2D eigenvalue weighted by molar-refractivity contribution is -0.123. The average molecular weight is 391 g/mol. The molecule has 7 nitrogen and oxygen atoms in total. The number of carbonyl (C=O) groups is 1. The molecule has 0 aliphatic carbocycles. The van der Waals surface area contributed by atoms with Gasteiger partial charge in [-0.25, -0.2) is 8.42 Å². The third-order valence-electron chi connectivity index (χ3n) is 3.91. The maximum Gasteiger partial charge on any atom is 0.241 e. The van der Waals surface area contributed by atoms with Crippen molar-refractivity contribution >= 4 is 15.9 Å². The smallest absolute Gasteiger partial charge is 0.241 e. The van der Waals surface area contributed by atoms with Gasteiger partial charge in [-0.05, 0) is 54.3 Å². The molecule has 0 radical (unpaired) electrons. The van der Waals surface area contributed by atoms with Crippen LogP contribution in [0.25, 0.3) is 0 Å². The molecule has 0 spiro atoms. The molecule has 2 N–H and O–H groups in total. The minimum atomic E-state index is -3.83. The van der Waals surface area contributed by atoms with E-state index in [4.69, 9.17) is 4.74 Å². The van der Waals surface area contributed by atoms with Gasteiger partial charge in [0.1, 0.15) is 11.8 Å². The summed E-state index contributed by atoms with van der Waals surface area (Å²) in [6.45, 7) is 4.18. The summed E-state index contributed by atoms with van der Waals surface area (Å²) >= 11 is 0. The van der Waals surface area contributed by atoms with Crippen molar-refractivity contribution in [1.29, 1.82) is 0 Å². The first-order chi connectivity index (χ1) is 12.8. The number of aromatic nitrogens is 1. The van der Waals surface area contributed by atoms with E-state index in [0.717, 1.165) is 5.56 Å². The predicted molar refractivity (Wildman–Crippen MR) is 103 cm³/mol. The molecule has 27 heavy (non-hydrogen) atoms. The van der Waals surface area contributed by atoms with E-state index < -0.39 is 16.1 Å². The van der Waals surface area contributed by atoms with E-state index in [1.54, 1.807) is 36.7 Å². The Balaban J connectivity index is 2.10. The van der Waals surface area contributed by atoms with Crippen LogP contribution in [-0.4, -0.2) is 32.5 Å². The molecule has 1 unspecified atom stereocenters. The summed E-state index contributed by atoms with van der Waals surface area (Å²) in [5.41, 5.74) is 0.889. The number of methoxy groups -OCH3 is 1. The number of nitrogens with zero attached hydrogens (tertiary/aromatic N) is 1. The van der Waals surface area contributed by atoms with Crippen LogP contribution in [0.4, 0.5) is 0 Å². The summed E-state index contributed by atoms with van der Waals surface area (Å²) in [4.78, 5) is 16.6. The van der Waals surface area contributed by atoms with Crippen LogP contribution in [0.5, 0.6) is 5.75 Å². The number of sulfonamides is 1. The standard InChI is InChI=1S/C19H25N3O4S/c1-14(2)12-18(19(23)21-13-15-8-10-20-11-9-15)22-27(24,25)17-6-4-16(26-3)5-7-17/h4-11,14,18,22H,12-13H2,1-3H3,(H,21,23). The molecule has 0 saturated heterocycles. The van der Waals surface area contributed by atoms with Gasteiger partial charge in [-0.1, -0.05) is 13.8 Å². The molecule has 2 rings (SSSR count). The Bertz CT molecular complexity index is 837. The second-order valence-corrected chi connectivity index (χ2v) is 8.27. The van der Waals surface area contributed by atoms with Gasteiger partial charge in [-0.3, -0.25) is 9.78 Å². The third kappa shape index (κ3) is 6.33. The number of carbonyl (C=O) groups excluding carboxylic acids is 1. The molecule has 0 aliphatic heterocycles. The molecule has 0 bridgehead atoms. The molecule has 146 valence electrons. The summed E-state index contributed by atoms with van der Waals surface area (Å²) in [5.74, 6) is 0.334. The maximum atomic E-state index is 12.7. The van der Waals surface area contributed by atoms with Crippen molar-refractivity contribution in [1.82, 2.24) is 15.0 Å². The lowest BCUT2D eigenvalue weighted by Crippen LogP contribution is -2.47. The second kappa shape index (κ2) is 9.48. The lowest BCUT2D eigenvalue weighted by atomic mass is 10.0. The van der Waals surface area contributed by atoms with Crippen LogP contribution in [0.15, 0.2) is 53.7 Å². The number of ether oxygens (including phenoxy) is 1. The number of hydrogen-bond acceptors (Lipinski definition) is 5. The van der Waals surface area contributed by atoms with Crippen molar-refractivity contribution in [2.45, 2.75) is 37.8 Å². The van der Waals surface area contributed by atoms with E-state index in [2.05, 4.69) is 15.0 Å². The Morgan fingerprint density at radius 2 is 1.74 bits per heavy atom. The van der Waals surface area contributed by atoms with E-state index in [1.165, 1.54) is 19.2 Å². The largest absolute Gasteiger partial charge is 0.497 e. The fourth-order valence-corrected chi connectivity index (χ4v) is 3.71. The number of amides is 1. The Hall–Kier alpha value is -2.45. The highest BCUT2D eigenvalue weighted by Gasteiger charge is 2.26. The summed E-state index contributed by atoms with van der Waals surface area (Å²) in [6.07, 6.45) is 3.66. The topological polar surface area (TPSA) is 97.4 Å². The first-order valence-corrected chi connectivity index (χ1v) is 10.1. The van der Waals surface area contributed by atoms with Crippen molar-refractivity contribution in [2.75, 3.05) is 7.11 Å². The SMILES string of the molecule is COc1ccc(S(=O)(=O)NC(CC(C)C)C(=O)NCc2ccncc2)cc1. The minimum absolute atomic E-state index is 0.0824. The zero-order valence-electron chi connectivity index (χ0n) is 15.7. The number of nitrogens with one attached hydrogen (secondary N) is 2. The lowest BCUT2D eigenvalue weighted by Gasteiger charge is -2.20. The molecule has 0 saturated carbocycles. The summed E-state index contributed by atoms with van der Waals surface area (Å²) < 4.78 is 32.9. The number of rotatable bonds is 9. The van der Waals surface area contributed by atoms with Gasteiger partial charge in [0.25, 0.3) is 0 Å². The predicted octanol–water partition coefficient (Wildman–Crippen LogP) is 2.10. The summed E-state index contributed by atoms with van der Waals surface area (Å²) in [7, 11) is -2.33. The van der Waals surface area contributed by atoms with Gasteiger partial charge in [0.05, 0.1) is 12.0 Å². The van der Waals surface area contributed by atoms with Gasteiger partial charge >= 0.3 is 0 Å². The average Bonchev–Trinajstić information content (AvgIpc) is 2.66. The molecule has 0 aliphatic rings. The van der Waals surface area contributed by atoms with Gasteiger partial charge in [0.15, 0.2) is 0 Å². The monoisotopic (exact) mass is 391 g/mol. The van der Waals surface area contributed by atoms with Crippen molar-refractivity contribution in [3.8, 4) is 5.75 Å². The van der Waals surface area contributed by atoms with Gasteiger partial charge in [0, 0.05) is 18.9 Å². The Morgan fingerprint density at radius 1 is 1.11 bits per heavy atom. The first kappa shape index (κ1) is 20.9. The van der Waals surface area contributed by atoms with Crippen LogP contribution in [0.2, 0.25) is 0 Å². The van der Waals surface area contributed by atoms with Gasteiger partial charge in [-0.15, -0.1) is 0 Å². The number of pyridine rings is 1. The van der Waals surface area contributed by atoms with Crippen molar-refractivity contribution < 1.29 is 17.9 Å². The van der Waals surface area contributed by atoms with Crippen LogP contribution in [-0.2, 0) is 21.4 Å². The van der Waals surface area contributed by atoms with Crippen molar-refractivity contribution in [2.24, 2.45) is 5.92 Å². The molecular weight excluding hydrogens is 366 g/mol. The van der Waals surface area contributed by atoms with Crippen LogP contribution in [0, 0.1) is 5.92 Å². The van der Waals surface area contributed by atoms with Gasteiger partial charge < -0.3 is 10.1 Å². The van der Waals surface area contributed by atoms with E-state index in [1.807, 2.05) is 13.8 Å². The fourth-order valence-electron chi connectivity index (χ4n) is 2.50. The van der Waals surface area contributed by atoms with E-state index >= 15 is 0 Å². The van der Waals surface area contributed by atoms with E-state index in [-0.39, 0.29) is 16.7 Å². The zero-order chi connectivity index (χ0) is 19.9. The van der Waals surface area contributed by atoms with E-state index in [0.29, 0.717) is 18.7 Å². The van der Waals surface area contributed by atoms with Crippen LogP contribution >= 0.6 is 0 Å². The first-order valence-electron chi connectivity index (χ1n) is 8.65. The number of hydrogen-bond donors (Lipinski definition) is 2. The number of benzene rings is 1. The van der Waals surface area contributed by atoms with Crippen molar-refractivity contribution in [3.63, 3.8) is 0 Å². The molecule has 2 aromatic rings. The van der Waals surface area contributed by atoms with Gasteiger partial charge in [-0.2, -0.15) is 4.72 Å². The highest BCUT2D eigenvalue weighted by molar-refractivity contribution is 7.89. The van der Waals surface area contributed by atoms with E-state index in [9.17, 15) is 13.2 Å². The second-order valence-electron chi connectivity index (χ2n) is 6.55. The maximum absolute atomic E-state index is 12.7. The van der Waals surface area contributed by atoms with Crippen LogP contribution in [0.3, 0.4) is 0 Å². The quantitative estimate of drug-likeness (QED) is 0.682. The van der Waals surface area contributed by atoms with Crippen LogP contribution < -0.4 is 14.8 Å². The fraction of sp³-hybridized carbons (Fsp3) is 0.368. The molecule has 1 aromatic carbocycles.